The molecule has 3 fully saturated rings. The van der Waals surface area contributed by atoms with Gasteiger partial charge < -0.3 is 5.32 Å². The number of nitrogens with zero attached hydrogens (tertiary/aromatic N) is 1. The zero-order valence-electron chi connectivity index (χ0n) is 13.4. The van der Waals surface area contributed by atoms with Crippen LogP contribution in [-0.2, 0) is 13.0 Å². The Morgan fingerprint density at radius 2 is 2.00 bits per heavy atom. The number of hydrogen-bond donors (Lipinski definition) is 1. The standard InChI is InChI=1S/C18H28N2S/c1-3-15-8-9-16(21-15)10-20-11-17(13-4-5-13)19-12-18(20,2)14-6-7-14/h8-9,13-14,17,19H,3-7,10-12H2,1-2H3. The molecule has 2 saturated carbocycles. The van der Waals surface area contributed by atoms with Gasteiger partial charge in [-0.25, -0.2) is 0 Å². The topological polar surface area (TPSA) is 15.3 Å². The second-order valence-corrected chi connectivity index (χ2v) is 8.81. The van der Waals surface area contributed by atoms with Gasteiger partial charge in [-0.15, -0.1) is 11.3 Å². The quantitative estimate of drug-likeness (QED) is 0.893. The molecule has 3 heteroatoms. The van der Waals surface area contributed by atoms with Gasteiger partial charge in [-0.05, 0) is 63.0 Å². The lowest BCUT2D eigenvalue weighted by Crippen LogP contribution is -2.64. The normalized spacial score (nSPS) is 34.3. The first-order chi connectivity index (χ1) is 10.2. The van der Waals surface area contributed by atoms with Gasteiger partial charge in [-0.2, -0.15) is 0 Å². The summed E-state index contributed by atoms with van der Waals surface area (Å²) in [5.41, 5.74) is 0.391. The molecule has 1 N–H and O–H groups in total. The Kier molecular flexibility index (Phi) is 3.63. The number of rotatable bonds is 5. The molecule has 2 unspecified atom stereocenters. The average Bonchev–Trinajstić information content (AvgIpc) is 3.38. The molecule has 1 aromatic heterocycles. The number of piperazine rings is 1. The van der Waals surface area contributed by atoms with Crippen molar-refractivity contribution in [2.75, 3.05) is 13.1 Å². The monoisotopic (exact) mass is 304 g/mol. The van der Waals surface area contributed by atoms with Gasteiger partial charge in [0.15, 0.2) is 0 Å². The third kappa shape index (κ3) is 2.80. The number of hydrogen-bond acceptors (Lipinski definition) is 3. The first kappa shape index (κ1) is 14.2. The molecule has 0 radical (unpaired) electrons. The Balaban J connectivity index is 1.51. The van der Waals surface area contributed by atoms with Crippen LogP contribution in [0, 0.1) is 11.8 Å². The predicted octanol–water partition coefficient (Wildman–Crippen LogP) is 3.66. The highest BCUT2D eigenvalue weighted by atomic mass is 32.1. The van der Waals surface area contributed by atoms with E-state index in [2.05, 4.69) is 36.2 Å². The third-order valence-electron chi connectivity index (χ3n) is 5.92. The van der Waals surface area contributed by atoms with E-state index in [4.69, 9.17) is 0 Å². The maximum Gasteiger partial charge on any atom is 0.0338 e. The van der Waals surface area contributed by atoms with Crippen molar-refractivity contribution in [2.24, 2.45) is 11.8 Å². The Bertz CT molecular complexity index is 503. The molecule has 4 rings (SSSR count). The lowest BCUT2D eigenvalue weighted by molar-refractivity contribution is 0.0243. The minimum Gasteiger partial charge on any atom is -0.311 e. The highest BCUT2D eigenvalue weighted by Gasteiger charge is 2.50. The largest absolute Gasteiger partial charge is 0.311 e. The van der Waals surface area contributed by atoms with E-state index in [-0.39, 0.29) is 0 Å². The van der Waals surface area contributed by atoms with Crippen LogP contribution in [0.2, 0.25) is 0 Å². The molecular weight excluding hydrogens is 276 g/mol. The van der Waals surface area contributed by atoms with Crippen LogP contribution < -0.4 is 5.32 Å². The summed E-state index contributed by atoms with van der Waals surface area (Å²) in [6.07, 6.45) is 6.95. The summed E-state index contributed by atoms with van der Waals surface area (Å²) in [6, 6.07) is 5.45. The minimum atomic E-state index is 0.391. The van der Waals surface area contributed by atoms with Gasteiger partial charge in [0.05, 0.1) is 0 Å². The van der Waals surface area contributed by atoms with E-state index in [1.54, 1.807) is 4.88 Å². The van der Waals surface area contributed by atoms with Crippen LogP contribution in [0.25, 0.3) is 0 Å². The van der Waals surface area contributed by atoms with E-state index in [0.29, 0.717) is 5.54 Å². The fourth-order valence-corrected chi connectivity index (χ4v) is 4.99. The zero-order valence-corrected chi connectivity index (χ0v) is 14.2. The summed E-state index contributed by atoms with van der Waals surface area (Å²) in [5.74, 6) is 1.89. The van der Waals surface area contributed by atoms with Crippen LogP contribution in [-0.4, -0.2) is 29.6 Å². The molecule has 3 aliphatic rings. The van der Waals surface area contributed by atoms with Crippen molar-refractivity contribution < 1.29 is 0 Å². The molecule has 1 aliphatic heterocycles. The Morgan fingerprint density at radius 1 is 1.24 bits per heavy atom. The zero-order chi connectivity index (χ0) is 14.4. The van der Waals surface area contributed by atoms with Crippen LogP contribution in [0.4, 0.5) is 0 Å². The van der Waals surface area contributed by atoms with E-state index in [1.165, 1.54) is 56.6 Å². The number of thiophene rings is 1. The first-order valence-electron chi connectivity index (χ1n) is 8.75. The van der Waals surface area contributed by atoms with Crippen molar-refractivity contribution in [3.05, 3.63) is 21.9 Å². The lowest BCUT2D eigenvalue weighted by atomic mass is 9.88. The SMILES string of the molecule is CCc1ccc(CN2CC(C3CC3)NCC2(C)C2CC2)s1. The van der Waals surface area contributed by atoms with Gasteiger partial charge in [0, 0.05) is 41.0 Å². The summed E-state index contributed by atoms with van der Waals surface area (Å²) in [5, 5.41) is 3.89. The van der Waals surface area contributed by atoms with E-state index in [0.717, 1.165) is 17.9 Å². The Labute approximate surface area is 132 Å². The van der Waals surface area contributed by atoms with Gasteiger partial charge in [0.25, 0.3) is 0 Å². The molecule has 2 heterocycles. The fraction of sp³-hybridized carbons (Fsp3) is 0.778. The lowest BCUT2D eigenvalue weighted by Gasteiger charge is -2.49. The van der Waals surface area contributed by atoms with Crippen molar-refractivity contribution in [2.45, 2.75) is 64.1 Å². The predicted molar refractivity (Wildman–Crippen MR) is 89.8 cm³/mol. The molecule has 2 aliphatic carbocycles. The third-order valence-corrected chi connectivity index (χ3v) is 7.14. The van der Waals surface area contributed by atoms with Crippen LogP contribution in [0.3, 0.4) is 0 Å². The highest BCUT2D eigenvalue weighted by molar-refractivity contribution is 7.11. The van der Waals surface area contributed by atoms with Crippen molar-refractivity contribution >= 4 is 11.3 Å². The second kappa shape index (κ2) is 5.36. The van der Waals surface area contributed by atoms with Gasteiger partial charge in [0.2, 0.25) is 0 Å². The molecule has 1 aromatic rings. The number of nitrogens with one attached hydrogen (secondary N) is 1. The first-order valence-corrected chi connectivity index (χ1v) is 9.56. The summed E-state index contributed by atoms with van der Waals surface area (Å²) in [6.45, 7) is 8.40. The van der Waals surface area contributed by atoms with Crippen molar-refractivity contribution in [1.29, 1.82) is 0 Å². The summed E-state index contributed by atoms with van der Waals surface area (Å²) in [7, 11) is 0. The van der Waals surface area contributed by atoms with Crippen LogP contribution >= 0.6 is 11.3 Å². The Morgan fingerprint density at radius 3 is 2.62 bits per heavy atom. The molecule has 116 valence electrons. The molecule has 0 amide bonds. The fourth-order valence-electron chi connectivity index (χ4n) is 4.01. The summed E-state index contributed by atoms with van der Waals surface area (Å²) in [4.78, 5) is 5.93. The van der Waals surface area contributed by atoms with Crippen molar-refractivity contribution in [3.8, 4) is 0 Å². The van der Waals surface area contributed by atoms with Gasteiger partial charge in [-0.1, -0.05) is 6.92 Å². The maximum atomic E-state index is 3.89. The maximum absolute atomic E-state index is 3.89. The minimum absolute atomic E-state index is 0.391. The Hall–Kier alpha value is -0.380. The van der Waals surface area contributed by atoms with E-state index in [1.807, 2.05) is 11.3 Å². The molecule has 0 bridgehead atoms. The molecule has 21 heavy (non-hydrogen) atoms. The number of aryl methyl sites for hydroxylation is 1. The van der Waals surface area contributed by atoms with Crippen molar-refractivity contribution in [3.63, 3.8) is 0 Å². The van der Waals surface area contributed by atoms with Crippen LogP contribution in [0.1, 0.15) is 49.3 Å². The smallest absolute Gasteiger partial charge is 0.0338 e. The second-order valence-electron chi connectivity index (χ2n) is 7.56. The van der Waals surface area contributed by atoms with E-state index >= 15 is 0 Å². The molecule has 1 saturated heterocycles. The van der Waals surface area contributed by atoms with Gasteiger partial charge in [-0.3, -0.25) is 4.90 Å². The molecule has 2 nitrogen and oxygen atoms in total. The summed E-state index contributed by atoms with van der Waals surface area (Å²) < 4.78 is 0. The van der Waals surface area contributed by atoms with Crippen molar-refractivity contribution in [1.82, 2.24) is 10.2 Å². The highest BCUT2D eigenvalue weighted by Crippen LogP contribution is 2.46. The summed E-state index contributed by atoms with van der Waals surface area (Å²) >= 11 is 2.02. The van der Waals surface area contributed by atoms with Crippen LogP contribution in [0.15, 0.2) is 12.1 Å². The molecular formula is C18H28N2S. The average molecular weight is 305 g/mol. The van der Waals surface area contributed by atoms with Crippen LogP contribution in [0.5, 0.6) is 0 Å². The molecule has 0 spiro atoms. The van der Waals surface area contributed by atoms with E-state index in [9.17, 15) is 0 Å². The van der Waals surface area contributed by atoms with Gasteiger partial charge in [0.1, 0.15) is 0 Å². The van der Waals surface area contributed by atoms with Gasteiger partial charge >= 0.3 is 0 Å². The molecule has 0 aromatic carbocycles. The van der Waals surface area contributed by atoms with E-state index < -0.39 is 0 Å². The molecule has 2 atom stereocenters.